The zero-order valence-electron chi connectivity index (χ0n) is 9.64. The fourth-order valence-corrected chi connectivity index (χ4v) is 1.65. The largest absolute Gasteiger partial charge is 0.506 e. The molecular weight excluding hydrogens is 252 g/mol. The Hall–Kier alpha value is -2.07. The highest BCUT2D eigenvalue weighted by molar-refractivity contribution is 6.31. The van der Waals surface area contributed by atoms with Crippen molar-refractivity contribution in [1.29, 1.82) is 0 Å². The molecule has 5 heteroatoms. The van der Waals surface area contributed by atoms with Gasteiger partial charge in [-0.05, 0) is 30.7 Å². The molecule has 0 radical (unpaired) electrons. The number of benzene rings is 1. The summed E-state index contributed by atoms with van der Waals surface area (Å²) in [6.07, 6.45) is 2.65. The molecule has 1 amide bonds. The summed E-state index contributed by atoms with van der Waals surface area (Å²) >= 11 is 5.87. The summed E-state index contributed by atoms with van der Waals surface area (Å²) in [4.78, 5) is 15.7. The highest BCUT2D eigenvalue weighted by atomic mass is 35.5. The molecule has 4 nitrogen and oxygen atoms in total. The van der Waals surface area contributed by atoms with E-state index >= 15 is 0 Å². The lowest BCUT2D eigenvalue weighted by molar-refractivity contribution is 0.102. The molecule has 0 spiro atoms. The van der Waals surface area contributed by atoms with Crippen LogP contribution >= 0.6 is 11.6 Å². The van der Waals surface area contributed by atoms with E-state index in [1.54, 1.807) is 12.1 Å². The van der Waals surface area contributed by atoms with Gasteiger partial charge >= 0.3 is 0 Å². The molecule has 0 bridgehead atoms. The van der Waals surface area contributed by atoms with Crippen molar-refractivity contribution in [2.45, 2.75) is 6.92 Å². The fraction of sp³-hybridized carbons (Fsp3) is 0.0769. The standard InChI is InChI=1S/C13H11ClN2O2/c1-8-2-3-10(14)5-12(8)16-13(18)9-4-11(17)7-15-6-9/h2-7,17H,1H3,(H,16,18). The van der Waals surface area contributed by atoms with Crippen molar-refractivity contribution in [3.63, 3.8) is 0 Å². The molecule has 2 N–H and O–H groups in total. The van der Waals surface area contributed by atoms with E-state index in [1.165, 1.54) is 18.5 Å². The van der Waals surface area contributed by atoms with Gasteiger partial charge in [0.25, 0.3) is 5.91 Å². The SMILES string of the molecule is Cc1ccc(Cl)cc1NC(=O)c1cncc(O)c1. The van der Waals surface area contributed by atoms with E-state index in [2.05, 4.69) is 10.3 Å². The number of carbonyl (C=O) groups excluding carboxylic acids is 1. The molecule has 0 aliphatic rings. The fourth-order valence-electron chi connectivity index (χ4n) is 1.48. The molecule has 0 atom stereocenters. The number of aryl methyl sites for hydroxylation is 1. The maximum Gasteiger partial charge on any atom is 0.257 e. The number of nitrogens with one attached hydrogen (secondary N) is 1. The lowest BCUT2D eigenvalue weighted by atomic mass is 10.2. The Labute approximate surface area is 109 Å². The minimum atomic E-state index is -0.344. The van der Waals surface area contributed by atoms with Crippen LogP contribution in [0.25, 0.3) is 0 Å². The third kappa shape index (κ3) is 2.78. The van der Waals surface area contributed by atoms with E-state index in [-0.39, 0.29) is 17.2 Å². The van der Waals surface area contributed by atoms with Crippen LogP contribution in [0.5, 0.6) is 5.75 Å². The molecule has 0 fully saturated rings. The molecule has 0 aliphatic carbocycles. The molecule has 2 aromatic rings. The number of aromatic hydroxyl groups is 1. The number of nitrogens with zero attached hydrogens (tertiary/aromatic N) is 1. The highest BCUT2D eigenvalue weighted by Crippen LogP contribution is 2.21. The van der Waals surface area contributed by atoms with Crippen LogP contribution < -0.4 is 5.32 Å². The second-order valence-electron chi connectivity index (χ2n) is 3.85. The summed E-state index contributed by atoms with van der Waals surface area (Å²) in [5.74, 6) is -0.394. The van der Waals surface area contributed by atoms with Crippen molar-refractivity contribution in [2.24, 2.45) is 0 Å². The quantitative estimate of drug-likeness (QED) is 0.875. The Morgan fingerprint density at radius 3 is 2.83 bits per heavy atom. The average molecular weight is 263 g/mol. The Bertz CT molecular complexity index is 599. The topological polar surface area (TPSA) is 62.2 Å². The Morgan fingerprint density at radius 1 is 1.33 bits per heavy atom. The monoisotopic (exact) mass is 262 g/mol. The highest BCUT2D eigenvalue weighted by Gasteiger charge is 2.09. The van der Waals surface area contributed by atoms with Gasteiger partial charge in [0.15, 0.2) is 0 Å². The molecule has 0 aliphatic heterocycles. The van der Waals surface area contributed by atoms with Crippen molar-refractivity contribution in [2.75, 3.05) is 5.32 Å². The number of carbonyl (C=O) groups is 1. The van der Waals surface area contributed by atoms with Gasteiger partial charge in [0.05, 0.1) is 11.8 Å². The predicted octanol–water partition coefficient (Wildman–Crippen LogP) is 3.00. The predicted molar refractivity (Wildman–Crippen MR) is 70.0 cm³/mol. The number of pyridine rings is 1. The summed E-state index contributed by atoms with van der Waals surface area (Å²) in [7, 11) is 0. The summed E-state index contributed by atoms with van der Waals surface area (Å²) < 4.78 is 0. The van der Waals surface area contributed by atoms with Gasteiger partial charge in [-0.1, -0.05) is 17.7 Å². The summed E-state index contributed by atoms with van der Waals surface area (Å²) in [6.45, 7) is 1.87. The van der Waals surface area contributed by atoms with Gasteiger partial charge in [0, 0.05) is 16.9 Å². The van der Waals surface area contributed by atoms with Crippen molar-refractivity contribution >= 4 is 23.2 Å². The van der Waals surface area contributed by atoms with E-state index in [0.717, 1.165) is 5.56 Å². The van der Waals surface area contributed by atoms with Crippen LogP contribution in [0.15, 0.2) is 36.7 Å². The van der Waals surface area contributed by atoms with Crippen LogP contribution in [0.3, 0.4) is 0 Å². The maximum absolute atomic E-state index is 11.9. The van der Waals surface area contributed by atoms with Gasteiger partial charge in [0.2, 0.25) is 0 Å². The molecule has 0 unspecified atom stereocenters. The van der Waals surface area contributed by atoms with Crippen LogP contribution in [0, 0.1) is 6.92 Å². The summed E-state index contributed by atoms with van der Waals surface area (Å²) in [5, 5.41) is 12.5. The lowest BCUT2D eigenvalue weighted by Gasteiger charge is -2.08. The van der Waals surface area contributed by atoms with Crippen LogP contribution in [0.2, 0.25) is 5.02 Å². The van der Waals surface area contributed by atoms with Gasteiger partial charge in [-0.2, -0.15) is 0 Å². The van der Waals surface area contributed by atoms with E-state index in [4.69, 9.17) is 11.6 Å². The number of rotatable bonds is 2. The van der Waals surface area contributed by atoms with E-state index < -0.39 is 0 Å². The van der Waals surface area contributed by atoms with Crippen LogP contribution in [-0.4, -0.2) is 16.0 Å². The molecule has 2 rings (SSSR count). The van der Waals surface area contributed by atoms with Crippen molar-refractivity contribution in [3.05, 3.63) is 52.8 Å². The second-order valence-corrected chi connectivity index (χ2v) is 4.28. The normalized spacial score (nSPS) is 10.1. The first kappa shape index (κ1) is 12.4. The Morgan fingerprint density at radius 2 is 2.11 bits per heavy atom. The van der Waals surface area contributed by atoms with Crippen LogP contribution in [-0.2, 0) is 0 Å². The first-order chi connectivity index (χ1) is 8.56. The zero-order chi connectivity index (χ0) is 13.1. The molecule has 1 aromatic heterocycles. The molecule has 1 aromatic carbocycles. The minimum absolute atomic E-state index is 0.0505. The van der Waals surface area contributed by atoms with Crippen molar-refractivity contribution in [1.82, 2.24) is 4.98 Å². The lowest BCUT2D eigenvalue weighted by Crippen LogP contribution is -2.12. The van der Waals surface area contributed by atoms with Crippen LogP contribution in [0.1, 0.15) is 15.9 Å². The van der Waals surface area contributed by atoms with Crippen molar-refractivity contribution in [3.8, 4) is 5.75 Å². The van der Waals surface area contributed by atoms with Gasteiger partial charge in [-0.25, -0.2) is 0 Å². The zero-order valence-corrected chi connectivity index (χ0v) is 10.4. The van der Waals surface area contributed by atoms with Gasteiger partial charge < -0.3 is 10.4 Å². The smallest absolute Gasteiger partial charge is 0.257 e. The molecule has 18 heavy (non-hydrogen) atoms. The van der Waals surface area contributed by atoms with E-state index in [1.807, 2.05) is 13.0 Å². The Kier molecular flexibility index (Phi) is 3.48. The van der Waals surface area contributed by atoms with Crippen LogP contribution in [0.4, 0.5) is 5.69 Å². The number of hydrogen-bond donors (Lipinski definition) is 2. The number of anilines is 1. The van der Waals surface area contributed by atoms with E-state index in [0.29, 0.717) is 10.7 Å². The van der Waals surface area contributed by atoms with Gasteiger partial charge in [-0.3, -0.25) is 9.78 Å². The molecular formula is C13H11ClN2O2. The summed E-state index contributed by atoms with van der Waals surface area (Å²) in [5.41, 5.74) is 1.83. The minimum Gasteiger partial charge on any atom is -0.506 e. The Balaban J connectivity index is 2.24. The molecule has 0 saturated heterocycles. The number of halogens is 1. The first-order valence-corrected chi connectivity index (χ1v) is 5.65. The third-order valence-electron chi connectivity index (χ3n) is 2.43. The molecule has 92 valence electrons. The average Bonchev–Trinajstić information content (AvgIpc) is 2.34. The van der Waals surface area contributed by atoms with Gasteiger partial charge in [0.1, 0.15) is 5.75 Å². The van der Waals surface area contributed by atoms with E-state index in [9.17, 15) is 9.90 Å². The molecule has 0 saturated carbocycles. The maximum atomic E-state index is 11.9. The van der Waals surface area contributed by atoms with Gasteiger partial charge in [-0.15, -0.1) is 0 Å². The second kappa shape index (κ2) is 5.06. The summed E-state index contributed by atoms with van der Waals surface area (Å²) in [6, 6.07) is 6.59. The first-order valence-electron chi connectivity index (χ1n) is 5.28. The third-order valence-corrected chi connectivity index (χ3v) is 2.67. The number of hydrogen-bond acceptors (Lipinski definition) is 3. The number of amides is 1. The van der Waals surface area contributed by atoms with Crippen molar-refractivity contribution < 1.29 is 9.90 Å². The molecule has 1 heterocycles. The number of aromatic nitrogens is 1.